The summed E-state index contributed by atoms with van der Waals surface area (Å²) < 4.78 is 18.4. The highest BCUT2D eigenvalue weighted by molar-refractivity contribution is 9.11. The van der Waals surface area contributed by atoms with Crippen LogP contribution >= 0.6 is 15.9 Å². The molecule has 0 atom stereocenters. The Hall–Kier alpha value is -0.310. The van der Waals surface area contributed by atoms with Gasteiger partial charge in [-0.25, -0.2) is 4.39 Å². The van der Waals surface area contributed by atoms with E-state index in [-0.39, 0.29) is 5.83 Å². The smallest absolute Gasteiger partial charge is 0.161 e. The SMILES string of the molecule is COC1=C(F)C=C(Br)CC1. The molecular formula is C7H8BrFO. The van der Waals surface area contributed by atoms with Gasteiger partial charge in [-0.1, -0.05) is 15.9 Å². The number of allylic oxidation sites excluding steroid dienone is 4. The molecule has 0 saturated carbocycles. The molecule has 1 nitrogen and oxygen atoms in total. The average molecular weight is 207 g/mol. The van der Waals surface area contributed by atoms with Gasteiger partial charge in [0, 0.05) is 6.42 Å². The van der Waals surface area contributed by atoms with Crippen LogP contribution in [0, 0.1) is 0 Å². The Balaban J connectivity index is 2.80. The fourth-order valence-corrected chi connectivity index (χ4v) is 1.24. The van der Waals surface area contributed by atoms with Gasteiger partial charge >= 0.3 is 0 Å². The molecule has 0 aliphatic heterocycles. The molecule has 0 N–H and O–H groups in total. The minimum Gasteiger partial charge on any atom is -0.498 e. The maximum Gasteiger partial charge on any atom is 0.161 e. The highest BCUT2D eigenvalue weighted by Gasteiger charge is 2.11. The van der Waals surface area contributed by atoms with E-state index in [0.717, 1.165) is 10.9 Å². The molecule has 3 heteroatoms. The second-order valence-corrected chi connectivity index (χ2v) is 3.09. The van der Waals surface area contributed by atoms with E-state index in [9.17, 15) is 4.39 Å². The summed E-state index contributed by atoms with van der Waals surface area (Å²) in [5.41, 5.74) is 0. The molecule has 10 heavy (non-hydrogen) atoms. The zero-order chi connectivity index (χ0) is 7.56. The molecule has 0 unspecified atom stereocenters. The quantitative estimate of drug-likeness (QED) is 0.642. The van der Waals surface area contributed by atoms with Gasteiger partial charge in [-0.05, 0) is 17.0 Å². The van der Waals surface area contributed by atoms with Crippen LogP contribution < -0.4 is 0 Å². The maximum absolute atomic E-state index is 12.7. The van der Waals surface area contributed by atoms with Crippen molar-refractivity contribution in [2.75, 3.05) is 7.11 Å². The first-order chi connectivity index (χ1) is 4.74. The molecule has 0 aromatic carbocycles. The number of halogens is 2. The van der Waals surface area contributed by atoms with E-state index in [1.165, 1.54) is 13.2 Å². The first-order valence-electron chi connectivity index (χ1n) is 3.02. The molecule has 0 fully saturated rings. The van der Waals surface area contributed by atoms with E-state index in [4.69, 9.17) is 4.74 Å². The van der Waals surface area contributed by atoms with Gasteiger partial charge in [0.05, 0.1) is 7.11 Å². The van der Waals surface area contributed by atoms with Crippen LogP contribution in [0.25, 0.3) is 0 Å². The largest absolute Gasteiger partial charge is 0.498 e. The van der Waals surface area contributed by atoms with E-state index >= 15 is 0 Å². The van der Waals surface area contributed by atoms with Crippen molar-refractivity contribution in [3.8, 4) is 0 Å². The Labute approximate surface area is 67.7 Å². The van der Waals surface area contributed by atoms with Crippen molar-refractivity contribution >= 4 is 15.9 Å². The van der Waals surface area contributed by atoms with Gasteiger partial charge in [-0.2, -0.15) is 0 Å². The third-order valence-corrected chi connectivity index (χ3v) is 2.01. The number of methoxy groups -OCH3 is 1. The molecule has 0 aromatic rings. The van der Waals surface area contributed by atoms with Crippen LogP contribution in [-0.2, 0) is 4.74 Å². The predicted molar refractivity (Wildman–Crippen MR) is 41.4 cm³/mol. The first kappa shape index (κ1) is 7.79. The van der Waals surface area contributed by atoms with Crippen molar-refractivity contribution in [2.24, 2.45) is 0 Å². The lowest BCUT2D eigenvalue weighted by molar-refractivity contribution is 0.261. The van der Waals surface area contributed by atoms with Crippen LogP contribution in [0.3, 0.4) is 0 Å². The zero-order valence-electron chi connectivity index (χ0n) is 5.66. The van der Waals surface area contributed by atoms with Gasteiger partial charge in [0.2, 0.25) is 0 Å². The van der Waals surface area contributed by atoms with E-state index in [1.807, 2.05) is 0 Å². The first-order valence-corrected chi connectivity index (χ1v) is 3.82. The molecule has 0 amide bonds. The summed E-state index contributed by atoms with van der Waals surface area (Å²) in [5.74, 6) is 0.184. The van der Waals surface area contributed by atoms with E-state index in [0.29, 0.717) is 12.2 Å². The molecule has 1 aliphatic rings. The molecule has 1 rings (SSSR count). The third-order valence-electron chi connectivity index (χ3n) is 1.39. The standard InChI is InChI=1S/C7H8BrFO/c1-10-7-3-2-5(8)4-6(7)9/h4H,2-3H2,1H3. The molecule has 0 aromatic heterocycles. The van der Waals surface area contributed by atoms with Gasteiger partial charge in [0.1, 0.15) is 5.76 Å². The van der Waals surface area contributed by atoms with Crippen LogP contribution in [-0.4, -0.2) is 7.11 Å². The average Bonchev–Trinajstić information content (AvgIpc) is 1.88. The molecule has 0 radical (unpaired) electrons. The number of rotatable bonds is 1. The van der Waals surface area contributed by atoms with E-state index in [1.54, 1.807) is 0 Å². The lowest BCUT2D eigenvalue weighted by Gasteiger charge is -2.10. The van der Waals surface area contributed by atoms with E-state index < -0.39 is 0 Å². The van der Waals surface area contributed by atoms with Crippen LogP contribution in [0.1, 0.15) is 12.8 Å². The summed E-state index contributed by atoms with van der Waals surface area (Å²) in [6.07, 6.45) is 2.93. The van der Waals surface area contributed by atoms with Crippen molar-refractivity contribution in [2.45, 2.75) is 12.8 Å². The molecule has 1 aliphatic carbocycles. The predicted octanol–water partition coefficient (Wildman–Crippen LogP) is 2.89. The fraction of sp³-hybridized carbons (Fsp3) is 0.429. The Morgan fingerprint density at radius 2 is 2.30 bits per heavy atom. The normalized spacial score (nSPS) is 18.9. The highest BCUT2D eigenvalue weighted by atomic mass is 79.9. The Morgan fingerprint density at radius 3 is 2.80 bits per heavy atom. The summed E-state index contributed by atoms with van der Waals surface area (Å²) in [5, 5.41) is 0. The maximum atomic E-state index is 12.7. The van der Waals surface area contributed by atoms with Gasteiger partial charge in [-0.3, -0.25) is 0 Å². The number of hydrogen-bond acceptors (Lipinski definition) is 1. The minimum absolute atomic E-state index is 0.263. The van der Waals surface area contributed by atoms with Crippen LogP contribution in [0.2, 0.25) is 0 Å². The third kappa shape index (κ3) is 1.59. The van der Waals surface area contributed by atoms with E-state index in [2.05, 4.69) is 15.9 Å². The number of ether oxygens (including phenoxy) is 1. The summed E-state index contributed by atoms with van der Waals surface area (Å²) in [6, 6.07) is 0. The Bertz CT molecular complexity index is 196. The molecule has 0 spiro atoms. The van der Waals surface area contributed by atoms with Crippen molar-refractivity contribution < 1.29 is 9.13 Å². The lowest BCUT2D eigenvalue weighted by atomic mass is 10.1. The van der Waals surface area contributed by atoms with Crippen LogP contribution in [0.5, 0.6) is 0 Å². The summed E-state index contributed by atoms with van der Waals surface area (Å²) >= 11 is 3.22. The second kappa shape index (κ2) is 3.19. The molecular weight excluding hydrogens is 199 g/mol. The Kier molecular flexibility index (Phi) is 2.49. The van der Waals surface area contributed by atoms with Crippen molar-refractivity contribution in [1.82, 2.24) is 0 Å². The van der Waals surface area contributed by atoms with Crippen LogP contribution in [0.15, 0.2) is 22.1 Å². The lowest BCUT2D eigenvalue weighted by Crippen LogP contribution is -1.95. The molecule has 0 saturated heterocycles. The molecule has 0 heterocycles. The summed E-state index contributed by atoms with van der Waals surface area (Å²) in [7, 11) is 1.49. The topological polar surface area (TPSA) is 9.23 Å². The van der Waals surface area contributed by atoms with Crippen molar-refractivity contribution in [1.29, 1.82) is 0 Å². The highest BCUT2D eigenvalue weighted by Crippen LogP contribution is 2.27. The van der Waals surface area contributed by atoms with Gasteiger partial charge in [0.15, 0.2) is 5.83 Å². The number of hydrogen-bond donors (Lipinski definition) is 0. The van der Waals surface area contributed by atoms with Gasteiger partial charge in [-0.15, -0.1) is 0 Å². The summed E-state index contributed by atoms with van der Waals surface area (Å²) in [4.78, 5) is 0. The fourth-order valence-electron chi connectivity index (χ4n) is 0.842. The monoisotopic (exact) mass is 206 g/mol. The Morgan fingerprint density at radius 1 is 1.60 bits per heavy atom. The van der Waals surface area contributed by atoms with Crippen molar-refractivity contribution in [3.05, 3.63) is 22.1 Å². The molecule has 56 valence electrons. The second-order valence-electron chi connectivity index (χ2n) is 2.07. The molecule has 0 bridgehead atoms. The summed E-state index contributed by atoms with van der Waals surface area (Å²) in [6.45, 7) is 0. The minimum atomic E-state index is -0.263. The van der Waals surface area contributed by atoms with Crippen LogP contribution in [0.4, 0.5) is 4.39 Å². The van der Waals surface area contributed by atoms with Gasteiger partial charge in [0.25, 0.3) is 0 Å². The zero-order valence-corrected chi connectivity index (χ0v) is 7.24. The van der Waals surface area contributed by atoms with Crippen molar-refractivity contribution in [3.63, 3.8) is 0 Å². The van der Waals surface area contributed by atoms with Gasteiger partial charge < -0.3 is 4.74 Å².